The van der Waals surface area contributed by atoms with Gasteiger partial charge in [0.1, 0.15) is 11.4 Å². The van der Waals surface area contributed by atoms with Crippen molar-refractivity contribution in [2.75, 3.05) is 0 Å². The fraction of sp³-hybridized carbons (Fsp3) is 0. The van der Waals surface area contributed by atoms with Crippen LogP contribution in [-0.2, 0) is 0 Å². The molecule has 0 aliphatic rings. The molecule has 0 radical (unpaired) electrons. The van der Waals surface area contributed by atoms with Crippen molar-refractivity contribution in [3.63, 3.8) is 0 Å². The van der Waals surface area contributed by atoms with Crippen LogP contribution >= 0.6 is 23.2 Å². The normalized spacial score (nSPS) is 11.2. The lowest BCUT2D eigenvalue weighted by Crippen LogP contribution is -1.96. The van der Waals surface area contributed by atoms with Gasteiger partial charge in [0, 0.05) is 10.6 Å². The molecule has 0 bridgehead atoms. The first-order chi connectivity index (χ1) is 11.1. The van der Waals surface area contributed by atoms with Gasteiger partial charge in [0.15, 0.2) is 5.69 Å². The van der Waals surface area contributed by atoms with Gasteiger partial charge in [0.05, 0.1) is 10.7 Å². The minimum Gasteiger partial charge on any atom is -0.507 e. The molecular formula is C15H10Cl2N4O2. The molecule has 0 unspecified atom stereocenters. The van der Waals surface area contributed by atoms with Gasteiger partial charge in [0.25, 0.3) is 5.56 Å². The highest BCUT2D eigenvalue weighted by Gasteiger charge is 2.14. The van der Waals surface area contributed by atoms with E-state index in [1.807, 2.05) is 0 Å². The molecule has 0 fully saturated rings. The number of rotatable bonds is 3. The summed E-state index contributed by atoms with van der Waals surface area (Å²) in [4.78, 5) is 11.9. The number of hydrogen-bond acceptors (Lipinski definition) is 4. The predicted molar refractivity (Wildman–Crippen MR) is 89.2 cm³/mol. The fourth-order valence-electron chi connectivity index (χ4n) is 1.99. The third-order valence-electron chi connectivity index (χ3n) is 3.09. The van der Waals surface area contributed by atoms with Crippen molar-refractivity contribution >= 4 is 34.6 Å². The summed E-state index contributed by atoms with van der Waals surface area (Å²) < 4.78 is 0. The maximum atomic E-state index is 11.9. The molecule has 8 heteroatoms. The quantitative estimate of drug-likeness (QED) is 0.593. The van der Waals surface area contributed by atoms with Gasteiger partial charge in [-0.3, -0.25) is 15.0 Å². The molecule has 23 heavy (non-hydrogen) atoms. The van der Waals surface area contributed by atoms with Gasteiger partial charge in [-0.25, -0.2) is 0 Å². The van der Waals surface area contributed by atoms with Crippen molar-refractivity contribution < 1.29 is 5.11 Å². The van der Waals surface area contributed by atoms with Crippen LogP contribution in [0, 0.1) is 0 Å². The molecule has 3 N–H and O–H groups in total. The van der Waals surface area contributed by atoms with Crippen molar-refractivity contribution in [2.24, 2.45) is 10.2 Å². The van der Waals surface area contributed by atoms with Gasteiger partial charge in [0.2, 0.25) is 0 Å². The summed E-state index contributed by atoms with van der Waals surface area (Å²) in [6, 6.07) is 11.3. The highest BCUT2D eigenvalue weighted by atomic mass is 35.5. The van der Waals surface area contributed by atoms with E-state index in [0.29, 0.717) is 27.0 Å². The second kappa shape index (κ2) is 6.28. The first-order valence-electron chi connectivity index (χ1n) is 6.52. The van der Waals surface area contributed by atoms with E-state index in [1.165, 1.54) is 12.1 Å². The average molecular weight is 349 g/mol. The van der Waals surface area contributed by atoms with Crippen molar-refractivity contribution in [2.45, 2.75) is 0 Å². The van der Waals surface area contributed by atoms with Crippen LogP contribution in [0.4, 0.5) is 11.4 Å². The Labute approximate surface area is 140 Å². The van der Waals surface area contributed by atoms with Crippen LogP contribution < -0.4 is 5.56 Å². The summed E-state index contributed by atoms with van der Waals surface area (Å²) in [5, 5.41) is 23.7. The molecule has 0 aliphatic heterocycles. The SMILES string of the molecule is O=c1[nH][nH]c(-c2ccccc2O)c1N=Nc1ccc(Cl)cc1Cl. The number of phenolic OH excluding ortho intramolecular Hbond substituents is 1. The number of nitrogens with zero attached hydrogens (tertiary/aromatic N) is 2. The summed E-state index contributed by atoms with van der Waals surface area (Å²) in [6.45, 7) is 0. The van der Waals surface area contributed by atoms with E-state index in [9.17, 15) is 9.90 Å². The summed E-state index contributed by atoms with van der Waals surface area (Å²) >= 11 is 11.8. The number of H-pyrrole nitrogens is 2. The zero-order chi connectivity index (χ0) is 16.4. The molecule has 0 amide bonds. The molecule has 3 aromatic rings. The van der Waals surface area contributed by atoms with Crippen LogP contribution in [0.3, 0.4) is 0 Å². The van der Waals surface area contributed by atoms with E-state index in [0.717, 1.165) is 0 Å². The maximum Gasteiger partial charge on any atom is 0.292 e. The van der Waals surface area contributed by atoms with Crippen LogP contribution in [-0.4, -0.2) is 15.3 Å². The fourth-order valence-corrected chi connectivity index (χ4v) is 2.44. The van der Waals surface area contributed by atoms with Crippen LogP contribution in [0.1, 0.15) is 0 Å². The van der Waals surface area contributed by atoms with Crippen LogP contribution in [0.2, 0.25) is 10.0 Å². The maximum absolute atomic E-state index is 11.9. The van der Waals surface area contributed by atoms with E-state index < -0.39 is 5.56 Å². The average Bonchev–Trinajstić information content (AvgIpc) is 2.88. The van der Waals surface area contributed by atoms with E-state index >= 15 is 0 Å². The van der Waals surface area contributed by atoms with Crippen molar-refractivity contribution in [3.8, 4) is 17.0 Å². The van der Waals surface area contributed by atoms with Crippen LogP contribution in [0.5, 0.6) is 5.75 Å². The number of halogens is 2. The molecule has 0 saturated carbocycles. The Morgan fingerprint density at radius 1 is 1.00 bits per heavy atom. The second-order valence-electron chi connectivity index (χ2n) is 4.62. The zero-order valence-electron chi connectivity index (χ0n) is 11.5. The highest BCUT2D eigenvalue weighted by molar-refractivity contribution is 6.36. The van der Waals surface area contributed by atoms with Gasteiger partial charge in [-0.05, 0) is 30.3 Å². The number of aromatic amines is 2. The largest absolute Gasteiger partial charge is 0.507 e. The molecule has 1 aromatic heterocycles. The number of hydrogen-bond donors (Lipinski definition) is 3. The van der Waals surface area contributed by atoms with E-state index in [2.05, 4.69) is 20.4 Å². The number of phenols is 1. The lowest BCUT2D eigenvalue weighted by atomic mass is 10.1. The molecular weight excluding hydrogens is 339 g/mol. The Bertz CT molecular complexity index is 947. The van der Waals surface area contributed by atoms with Crippen LogP contribution in [0.25, 0.3) is 11.3 Å². The van der Waals surface area contributed by atoms with Crippen molar-refractivity contribution in [3.05, 3.63) is 62.9 Å². The van der Waals surface area contributed by atoms with E-state index in [1.54, 1.807) is 30.3 Å². The molecule has 0 saturated heterocycles. The minimum atomic E-state index is -0.461. The van der Waals surface area contributed by atoms with Gasteiger partial charge >= 0.3 is 0 Å². The summed E-state index contributed by atoms with van der Waals surface area (Å²) in [5.41, 5.74) is 0.721. The van der Waals surface area contributed by atoms with E-state index in [4.69, 9.17) is 23.2 Å². The first-order valence-corrected chi connectivity index (χ1v) is 7.27. The molecule has 2 aromatic carbocycles. The van der Waals surface area contributed by atoms with Crippen molar-refractivity contribution in [1.29, 1.82) is 0 Å². The smallest absolute Gasteiger partial charge is 0.292 e. The van der Waals surface area contributed by atoms with Crippen LogP contribution in [0.15, 0.2) is 57.5 Å². The summed E-state index contributed by atoms with van der Waals surface area (Å²) in [7, 11) is 0. The summed E-state index contributed by atoms with van der Waals surface area (Å²) in [6.07, 6.45) is 0. The lowest BCUT2D eigenvalue weighted by Gasteiger charge is -2.02. The Balaban J connectivity index is 2.04. The topological polar surface area (TPSA) is 93.6 Å². The third kappa shape index (κ3) is 3.13. The van der Waals surface area contributed by atoms with Gasteiger partial charge in [-0.15, -0.1) is 10.2 Å². The number of azo groups is 1. The Morgan fingerprint density at radius 3 is 2.52 bits per heavy atom. The molecule has 6 nitrogen and oxygen atoms in total. The monoisotopic (exact) mass is 348 g/mol. The molecule has 0 aliphatic carbocycles. The molecule has 1 heterocycles. The minimum absolute atomic E-state index is 0.0173. The number of nitrogens with one attached hydrogen (secondary N) is 2. The Morgan fingerprint density at radius 2 is 1.78 bits per heavy atom. The molecule has 116 valence electrons. The second-order valence-corrected chi connectivity index (χ2v) is 5.46. The number of para-hydroxylation sites is 1. The number of aromatic nitrogens is 2. The molecule has 3 rings (SSSR count). The molecule has 0 atom stereocenters. The summed E-state index contributed by atoms with van der Waals surface area (Å²) in [5.74, 6) is 0.0173. The Kier molecular flexibility index (Phi) is 4.18. The predicted octanol–water partition coefficient (Wildman–Crippen LogP) is 4.80. The first kappa shape index (κ1) is 15.3. The van der Waals surface area contributed by atoms with Gasteiger partial charge < -0.3 is 5.11 Å². The number of benzene rings is 2. The lowest BCUT2D eigenvalue weighted by molar-refractivity contribution is 0.477. The van der Waals surface area contributed by atoms with Gasteiger partial charge in [-0.2, -0.15) is 0 Å². The standard InChI is InChI=1S/C15H10Cl2N4O2/c16-8-5-6-11(10(17)7-8)18-20-14-13(19-21-15(14)23)9-3-1-2-4-12(9)22/h1-7,22H,(H2,19,21,23). The number of aromatic hydroxyl groups is 1. The third-order valence-corrected chi connectivity index (χ3v) is 3.63. The Hall–Kier alpha value is -2.57. The molecule has 0 spiro atoms. The van der Waals surface area contributed by atoms with Gasteiger partial charge in [-0.1, -0.05) is 35.3 Å². The zero-order valence-corrected chi connectivity index (χ0v) is 13.1. The van der Waals surface area contributed by atoms with E-state index in [-0.39, 0.29) is 11.4 Å². The highest BCUT2D eigenvalue weighted by Crippen LogP contribution is 2.34. The van der Waals surface area contributed by atoms with Crippen molar-refractivity contribution in [1.82, 2.24) is 10.2 Å².